The number of hydrogen-bond acceptors (Lipinski definition) is 5. The molecular formula is C21H24N4O4. The van der Waals surface area contributed by atoms with Gasteiger partial charge >= 0.3 is 0 Å². The number of anilines is 2. The number of carbonyl (C=O) groups is 2. The summed E-state index contributed by atoms with van der Waals surface area (Å²) in [4.78, 5) is 37.7. The molecule has 1 heterocycles. The maximum atomic E-state index is 13.0. The van der Waals surface area contributed by atoms with Crippen molar-refractivity contribution in [2.45, 2.75) is 19.8 Å². The minimum Gasteiger partial charge on any atom is -0.371 e. The van der Waals surface area contributed by atoms with Gasteiger partial charge < -0.3 is 15.5 Å². The first-order chi connectivity index (χ1) is 13.9. The summed E-state index contributed by atoms with van der Waals surface area (Å²) in [6.45, 7) is 3.79. The van der Waals surface area contributed by atoms with Crippen molar-refractivity contribution in [3.05, 3.63) is 63.7 Å². The third kappa shape index (κ3) is 4.71. The molecule has 2 N–H and O–H groups in total. The number of amides is 2. The molecule has 8 heteroatoms. The Kier molecular flexibility index (Phi) is 6.11. The van der Waals surface area contributed by atoms with E-state index in [1.54, 1.807) is 30.3 Å². The zero-order chi connectivity index (χ0) is 21.0. The van der Waals surface area contributed by atoms with E-state index in [4.69, 9.17) is 0 Å². The molecule has 1 saturated heterocycles. The number of nitro benzene ring substituents is 1. The number of piperidine rings is 1. The van der Waals surface area contributed by atoms with E-state index >= 15 is 0 Å². The van der Waals surface area contributed by atoms with Crippen LogP contribution >= 0.6 is 0 Å². The molecule has 0 saturated carbocycles. The average Bonchev–Trinajstić information content (AvgIpc) is 2.73. The van der Waals surface area contributed by atoms with E-state index in [-0.39, 0.29) is 17.2 Å². The van der Waals surface area contributed by atoms with Crippen LogP contribution in [0.4, 0.5) is 17.1 Å². The predicted octanol–water partition coefficient (Wildman–Crippen LogP) is 3.44. The number of nitrogens with one attached hydrogen (secondary N) is 2. The molecule has 0 unspecified atom stereocenters. The SMILES string of the molecule is CNC(=O)c1cccc(NC(=O)c2cc([N+](=O)[O-])ccc2N2CCC(C)CC2)c1. The number of nitrogens with zero attached hydrogens (tertiary/aromatic N) is 2. The molecule has 0 bridgehead atoms. The molecule has 0 aromatic heterocycles. The van der Waals surface area contributed by atoms with Gasteiger partial charge in [0.1, 0.15) is 0 Å². The highest BCUT2D eigenvalue weighted by molar-refractivity contribution is 6.09. The van der Waals surface area contributed by atoms with E-state index in [0.717, 1.165) is 25.9 Å². The van der Waals surface area contributed by atoms with Gasteiger partial charge in [-0.3, -0.25) is 19.7 Å². The first kappa shape index (κ1) is 20.3. The molecule has 152 valence electrons. The fourth-order valence-electron chi connectivity index (χ4n) is 3.43. The van der Waals surface area contributed by atoms with Crippen LogP contribution in [0.15, 0.2) is 42.5 Å². The predicted molar refractivity (Wildman–Crippen MR) is 111 cm³/mol. The minimum atomic E-state index is -0.509. The summed E-state index contributed by atoms with van der Waals surface area (Å²) in [6.07, 6.45) is 2.01. The van der Waals surface area contributed by atoms with Gasteiger partial charge in [0.15, 0.2) is 0 Å². The van der Waals surface area contributed by atoms with Gasteiger partial charge in [-0.1, -0.05) is 13.0 Å². The third-order valence-corrected chi connectivity index (χ3v) is 5.17. The summed E-state index contributed by atoms with van der Waals surface area (Å²) in [5, 5.41) is 16.5. The van der Waals surface area contributed by atoms with Gasteiger partial charge in [0, 0.05) is 43.5 Å². The van der Waals surface area contributed by atoms with Gasteiger partial charge in [0.05, 0.1) is 16.2 Å². The highest BCUT2D eigenvalue weighted by Crippen LogP contribution is 2.30. The van der Waals surface area contributed by atoms with Crippen molar-refractivity contribution < 1.29 is 14.5 Å². The van der Waals surface area contributed by atoms with E-state index in [0.29, 0.717) is 22.9 Å². The molecule has 2 aromatic rings. The smallest absolute Gasteiger partial charge is 0.270 e. The lowest BCUT2D eigenvalue weighted by Gasteiger charge is -2.33. The Morgan fingerprint density at radius 3 is 2.48 bits per heavy atom. The molecular weight excluding hydrogens is 372 g/mol. The summed E-state index contributed by atoms with van der Waals surface area (Å²) in [6, 6.07) is 10.9. The zero-order valence-corrected chi connectivity index (χ0v) is 16.5. The molecule has 0 atom stereocenters. The quantitative estimate of drug-likeness (QED) is 0.595. The molecule has 0 aliphatic carbocycles. The first-order valence-corrected chi connectivity index (χ1v) is 9.56. The van der Waals surface area contributed by atoms with Crippen LogP contribution in [0.1, 0.15) is 40.5 Å². The zero-order valence-electron chi connectivity index (χ0n) is 16.5. The Hall–Kier alpha value is -3.42. The number of non-ortho nitro benzene ring substituents is 1. The summed E-state index contributed by atoms with van der Waals surface area (Å²) in [5.74, 6) is -0.0926. The third-order valence-electron chi connectivity index (χ3n) is 5.17. The monoisotopic (exact) mass is 396 g/mol. The van der Waals surface area contributed by atoms with Crippen LogP contribution in [0.3, 0.4) is 0 Å². The molecule has 0 spiro atoms. The van der Waals surface area contributed by atoms with Gasteiger partial charge in [-0.05, 0) is 43.0 Å². The highest BCUT2D eigenvalue weighted by Gasteiger charge is 2.23. The largest absolute Gasteiger partial charge is 0.371 e. The molecule has 2 amide bonds. The molecule has 2 aromatic carbocycles. The van der Waals surface area contributed by atoms with Crippen molar-refractivity contribution >= 4 is 28.9 Å². The number of rotatable bonds is 5. The maximum Gasteiger partial charge on any atom is 0.270 e. The minimum absolute atomic E-state index is 0.136. The Morgan fingerprint density at radius 2 is 1.83 bits per heavy atom. The Bertz CT molecular complexity index is 936. The van der Waals surface area contributed by atoms with E-state index < -0.39 is 10.8 Å². The number of hydrogen-bond donors (Lipinski definition) is 2. The lowest BCUT2D eigenvalue weighted by Crippen LogP contribution is -2.34. The lowest BCUT2D eigenvalue weighted by molar-refractivity contribution is -0.384. The molecule has 3 rings (SSSR count). The highest BCUT2D eigenvalue weighted by atomic mass is 16.6. The van der Waals surface area contributed by atoms with Crippen molar-refractivity contribution in [2.75, 3.05) is 30.4 Å². The topological polar surface area (TPSA) is 105 Å². The maximum absolute atomic E-state index is 13.0. The summed E-state index contributed by atoms with van der Waals surface area (Å²) < 4.78 is 0. The van der Waals surface area contributed by atoms with Crippen LogP contribution in [0.25, 0.3) is 0 Å². The van der Waals surface area contributed by atoms with Crippen LogP contribution in [-0.2, 0) is 0 Å². The van der Waals surface area contributed by atoms with E-state index in [1.165, 1.54) is 19.2 Å². The molecule has 0 radical (unpaired) electrons. The number of carbonyl (C=O) groups excluding carboxylic acids is 2. The van der Waals surface area contributed by atoms with Crippen molar-refractivity contribution in [1.29, 1.82) is 0 Å². The number of benzene rings is 2. The molecule has 8 nitrogen and oxygen atoms in total. The molecule has 1 aliphatic heterocycles. The average molecular weight is 396 g/mol. The fourth-order valence-corrected chi connectivity index (χ4v) is 3.43. The van der Waals surface area contributed by atoms with Gasteiger partial charge in [0.2, 0.25) is 0 Å². The lowest BCUT2D eigenvalue weighted by atomic mass is 9.98. The Labute approximate surface area is 169 Å². The normalized spacial score (nSPS) is 14.3. The summed E-state index contributed by atoms with van der Waals surface area (Å²) in [7, 11) is 1.53. The van der Waals surface area contributed by atoms with Crippen LogP contribution in [-0.4, -0.2) is 36.9 Å². The standard InChI is InChI=1S/C21H24N4O4/c1-14-8-10-24(11-9-14)19-7-6-17(25(28)29)13-18(19)21(27)23-16-5-3-4-15(12-16)20(26)22-2/h3-7,12-14H,8-11H2,1-2H3,(H,22,26)(H,23,27). The Balaban J connectivity index is 1.91. The molecule has 1 fully saturated rings. The van der Waals surface area contributed by atoms with Crippen molar-refractivity contribution in [3.63, 3.8) is 0 Å². The fraction of sp³-hybridized carbons (Fsp3) is 0.333. The van der Waals surface area contributed by atoms with Crippen LogP contribution < -0.4 is 15.5 Å². The molecule has 29 heavy (non-hydrogen) atoms. The van der Waals surface area contributed by atoms with Crippen molar-refractivity contribution in [3.8, 4) is 0 Å². The van der Waals surface area contributed by atoms with Crippen LogP contribution in [0, 0.1) is 16.0 Å². The second kappa shape index (κ2) is 8.72. The van der Waals surface area contributed by atoms with E-state index in [9.17, 15) is 19.7 Å². The summed E-state index contributed by atoms with van der Waals surface area (Å²) in [5.41, 5.74) is 1.65. The Morgan fingerprint density at radius 1 is 1.10 bits per heavy atom. The van der Waals surface area contributed by atoms with Crippen LogP contribution in [0.2, 0.25) is 0 Å². The van der Waals surface area contributed by atoms with Crippen LogP contribution in [0.5, 0.6) is 0 Å². The van der Waals surface area contributed by atoms with Gasteiger partial charge in [-0.2, -0.15) is 0 Å². The van der Waals surface area contributed by atoms with Gasteiger partial charge in [-0.25, -0.2) is 0 Å². The first-order valence-electron chi connectivity index (χ1n) is 9.56. The van der Waals surface area contributed by atoms with E-state index in [2.05, 4.69) is 22.5 Å². The van der Waals surface area contributed by atoms with Crippen molar-refractivity contribution in [2.24, 2.45) is 5.92 Å². The number of nitro groups is 1. The second-order valence-electron chi connectivity index (χ2n) is 7.24. The van der Waals surface area contributed by atoms with Gasteiger partial charge in [-0.15, -0.1) is 0 Å². The van der Waals surface area contributed by atoms with E-state index in [1.807, 2.05) is 0 Å². The molecule has 1 aliphatic rings. The van der Waals surface area contributed by atoms with Gasteiger partial charge in [0.25, 0.3) is 17.5 Å². The van der Waals surface area contributed by atoms with Crippen molar-refractivity contribution in [1.82, 2.24) is 5.32 Å². The second-order valence-corrected chi connectivity index (χ2v) is 7.24. The summed E-state index contributed by atoms with van der Waals surface area (Å²) >= 11 is 0.